The lowest BCUT2D eigenvalue weighted by Crippen LogP contribution is -2.32. The third-order valence-electron chi connectivity index (χ3n) is 7.18. The van der Waals surface area contributed by atoms with Gasteiger partial charge in [0.2, 0.25) is 0 Å². The molecule has 1 saturated heterocycles. The predicted octanol–water partition coefficient (Wildman–Crippen LogP) is 4.83. The minimum Gasteiger partial charge on any atom is -0.497 e. The van der Waals surface area contributed by atoms with Crippen LogP contribution in [-0.2, 0) is 6.54 Å². The number of nitrogens with zero attached hydrogens (tertiary/aromatic N) is 1. The normalized spacial score (nSPS) is 19.6. The Labute approximate surface area is 223 Å². The van der Waals surface area contributed by atoms with Gasteiger partial charge >= 0.3 is 0 Å². The van der Waals surface area contributed by atoms with Gasteiger partial charge in [0.15, 0.2) is 0 Å². The topological polar surface area (TPSA) is 21.7 Å². The molecule has 0 spiro atoms. The molecule has 0 aromatic heterocycles. The van der Waals surface area contributed by atoms with Gasteiger partial charge in [-0.05, 0) is 104 Å². The molecule has 184 valence electrons. The van der Waals surface area contributed by atoms with Crippen LogP contribution in [0.2, 0.25) is 0 Å². The Balaban J connectivity index is 1.35. The molecule has 0 amide bonds. The first-order valence-corrected chi connectivity index (χ1v) is 14.0. The average molecular weight is 504 g/mol. The fourth-order valence-electron chi connectivity index (χ4n) is 5.36. The van der Waals surface area contributed by atoms with E-state index in [0.717, 1.165) is 31.1 Å². The summed E-state index contributed by atoms with van der Waals surface area (Å²) in [5, 5.41) is 4.00. The van der Waals surface area contributed by atoms with Crippen molar-refractivity contribution in [1.29, 1.82) is 0 Å². The number of fused-ring (bicyclic) bond motifs is 3. The molecule has 2 aliphatic carbocycles. The third-order valence-corrected chi connectivity index (χ3v) is 9.73. The van der Waals surface area contributed by atoms with E-state index in [9.17, 15) is 0 Å². The van der Waals surface area contributed by atoms with Crippen LogP contribution in [0.15, 0.2) is 72.8 Å². The molecule has 0 atom stereocenters. The SMILES string of the molecule is COc1ccc(P(c2ccc(OC)cc2)c2ccccc2CN2C[C]3[CH][CH][CH][C]3[C]3[CH][CH][CH][C]3C2)cc1. The van der Waals surface area contributed by atoms with Crippen molar-refractivity contribution in [3.05, 3.63) is 141 Å². The van der Waals surface area contributed by atoms with Gasteiger partial charge in [0, 0.05) is 31.5 Å². The van der Waals surface area contributed by atoms with Gasteiger partial charge in [0.25, 0.3) is 0 Å². The summed E-state index contributed by atoms with van der Waals surface area (Å²) in [5.74, 6) is 7.35. The minimum absolute atomic E-state index is 0.760. The second-order valence-electron chi connectivity index (χ2n) is 9.43. The lowest BCUT2D eigenvalue weighted by molar-refractivity contribution is 0.301. The van der Waals surface area contributed by atoms with Gasteiger partial charge in [-0.3, -0.25) is 4.90 Å². The monoisotopic (exact) mass is 503 g/mol. The molecule has 3 aromatic rings. The molecule has 1 heterocycles. The molecule has 3 aliphatic rings. The Morgan fingerprint density at radius 2 is 1.16 bits per heavy atom. The molecule has 1 aliphatic heterocycles. The summed E-state index contributed by atoms with van der Waals surface area (Å²) in [6, 6.07) is 26.1. The van der Waals surface area contributed by atoms with Crippen LogP contribution in [0.3, 0.4) is 0 Å². The van der Waals surface area contributed by atoms with Crippen LogP contribution in [-0.4, -0.2) is 32.2 Å². The predicted molar refractivity (Wildman–Crippen MR) is 152 cm³/mol. The van der Waals surface area contributed by atoms with Gasteiger partial charge in [0.1, 0.15) is 11.5 Å². The van der Waals surface area contributed by atoms with Crippen LogP contribution in [0, 0.1) is 62.2 Å². The molecule has 0 unspecified atom stereocenters. The highest BCUT2D eigenvalue weighted by molar-refractivity contribution is 7.79. The van der Waals surface area contributed by atoms with Crippen LogP contribution >= 0.6 is 7.92 Å². The lowest BCUT2D eigenvalue weighted by Gasteiger charge is -2.28. The van der Waals surface area contributed by atoms with Gasteiger partial charge < -0.3 is 9.47 Å². The lowest BCUT2D eigenvalue weighted by atomic mass is 9.79. The molecular weight excluding hydrogens is 473 g/mol. The van der Waals surface area contributed by atoms with Crippen LogP contribution in [0.1, 0.15) is 5.56 Å². The molecule has 37 heavy (non-hydrogen) atoms. The summed E-state index contributed by atoms with van der Waals surface area (Å²) in [7, 11) is 2.67. The van der Waals surface area contributed by atoms with Crippen LogP contribution in [0.25, 0.3) is 0 Å². The van der Waals surface area contributed by atoms with E-state index in [1.807, 2.05) is 0 Å². The highest BCUT2D eigenvalue weighted by Gasteiger charge is 2.45. The van der Waals surface area contributed by atoms with E-state index >= 15 is 0 Å². The van der Waals surface area contributed by atoms with E-state index < -0.39 is 7.92 Å². The van der Waals surface area contributed by atoms with Crippen molar-refractivity contribution < 1.29 is 9.47 Å². The van der Waals surface area contributed by atoms with Crippen LogP contribution in [0.4, 0.5) is 0 Å². The van der Waals surface area contributed by atoms with Gasteiger partial charge in [-0.25, -0.2) is 0 Å². The first kappa shape index (κ1) is 25.0. The Hall–Kier alpha value is -2.35. The van der Waals surface area contributed by atoms with Crippen molar-refractivity contribution in [3.8, 4) is 11.5 Å². The van der Waals surface area contributed by atoms with E-state index in [2.05, 4.69) is 116 Å². The summed E-state index contributed by atoms with van der Waals surface area (Å²) >= 11 is 0. The standard InChI is InChI=1S/C33H30NO2P/c1-35-27-13-17-29(18-14-27)37(30-19-15-28(36-2)16-20-30)33-12-4-3-7-26(33)23-34-21-24-8-5-10-31(24)32-11-6-9-25(32)22-34/h3-20H,21-23H2,1-2H3. The molecular formula is C33H30NO2P. The number of ether oxygens (including phenoxy) is 2. The summed E-state index contributed by atoms with van der Waals surface area (Å²) in [6.45, 7) is 2.80. The van der Waals surface area contributed by atoms with Crippen molar-refractivity contribution in [2.45, 2.75) is 6.54 Å². The molecule has 3 fully saturated rings. The Morgan fingerprint density at radius 3 is 1.68 bits per heavy atom. The van der Waals surface area contributed by atoms with E-state index in [1.165, 1.54) is 45.1 Å². The summed E-state index contributed by atoms with van der Waals surface area (Å²) < 4.78 is 10.9. The van der Waals surface area contributed by atoms with Crippen molar-refractivity contribution >= 4 is 23.8 Å². The van der Waals surface area contributed by atoms with Crippen molar-refractivity contribution in [2.24, 2.45) is 0 Å². The quantitative estimate of drug-likeness (QED) is 0.431. The van der Waals surface area contributed by atoms with Crippen molar-refractivity contribution in [2.75, 3.05) is 27.3 Å². The van der Waals surface area contributed by atoms with Crippen molar-refractivity contribution in [1.82, 2.24) is 4.90 Å². The second-order valence-corrected chi connectivity index (χ2v) is 11.6. The molecule has 3 aromatic carbocycles. The van der Waals surface area contributed by atoms with Gasteiger partial charge in [0.05, 0.1) is 14.2 Å². The molecule has 6 rings (SSSR count). The maximum atomic E-state index is 5.45. The summed E-state index contributed by atoms with van der Waals surface area (Å²) in [5.41, 5.74) is 1.38. The van der Waals surface area contributed by atoms with E-state index in [-0.39, 0.29) is 0 Å². The fourth-order valence-corrected chi connectivity index (χ4v) is 7.78. The van der Waals surface area contributed by atoms with Crippen LogP contribution < -0.4 is 25.4 Å². The zero-order valence-electron chi connectivity index (χ0n) is 21.2. The molecule has 10 radical (unpaired) electrons. The smallest absolute Gasteiger partial charge is 0.118 e. The minimum atomic E-state index is -0.760. The number of methoxy groups -OCH3 is 2. The highest BCUT2D eigenvalue weighted by atomic mass is 31.1. The zero-order valence-corrected chi connectivity index (χ0v) is 22.1. The molecule has 0 N–H and O–H groups in total. The maximum absolute atomic E-state index is 5.45. The van der Waals surface area contributed by atoms with Crippen LogP contribution in [0.5, 0.6) is 11.5 Å². The Kier molecular flexibility index (Phi) is 7.54. The number of likely N-dealkylation sites (tertiary alicyclic amines) is 1. The molecule has 2 saturated carbocycles. The van der Waals surface area contributed by atoms with Gasteiger partial charge in [-0.15, -0.1) is 0 Å². The van der Waals surface area contributed by atoms with E-state index in [4.69, 9.17) is 9.47 Å². The first-order valence-electron chi connectivity index (χ1n) is 12.6. The number of benzene rings is 3. The Bertz CT molecular complexity index is 1110. The fraction of sp³-hybridized carbons (Fsp3) is 0.152. The number of rotatable bonds is 7. The number of hydrogen-bond acceptors (Lipinski definition) is 3. The zero-order chi connectivity index (χ0) is 25.2. The highest BCUT2D eigenvalue weighted by Crippen LogP contribution is 2.52. The first-order chi connectivity index (χ1) is 18.2. The molecule has 4 heteroatoms. The summed E-state index contributed by atoms with van der Waals surface area (Å²) in [6.07, 6.45) is 13.4. The molecule has 0 bridgehead atoms. The average Bonchev–Trinajstić information content (AvgIpc) is 3.57. The summed E-state index contributed by atoms with van der Waals surface area (Å²) in [4.78, 5) is 2.58. The maximum Gasteiger partial charge on any atom is 0.118 e. The Morgan fingerprint density at radius 1 is 0.649 bits per heavy atom. The van der Waals surface area contributed by atoms with Crippen molar-refractivity contribution in [3.63, 3.8) is 0 Å². The van der Waals surface area contributed by atoms with E-state index in [0.29, 0.717) is 0 Å². The molecule has 3 nitrogen and oxygen atoms in total. The second kappa shape index (κ2) is 11.2. The van der Waals surface area contributed by atoms with Gasteiger partial charge in [-0.2, -0.15) is 0 Å². The van der Waals surface area contributed by atoms with Gasteiger partial charge in [-0.1, -0.05) is 48.5 Å². The largest absolute Gasteiger partial charge is 0.497 e. The number of hydrogen-bond donors (Lipinski definition) is 0. The third kappa shape index (κ3) is 5.18. The van der Waals surface area contributed by atoms with E-state index in [1.54, 1.807) is 14.2 Å².